The summed E-state index contributed by atoms with van der Waals surface area (Å²) in [4.78, 5) is 2.45. The zero-order valence-electron chi connectivity index (χ0n) is 32.5. The van der Waals surface area contributed by atoms with Crippen LogP contribution in [0.15, 0.2) is 170 Å². The quantitative estimate of drug-likeness (QED) is 0.178. The SMILES string of the molecule is CC1(C)c2ccccc2-c2ccc(N(c3ccc(-c4ccccc4)cc3)c3ccc4c(c3)C3(c5c#cccc5Oc5ccccc53)c3c-4ccc4c3CCC=C4)cc21. The van der Waals surface area contributed by atoms with E-state index >= 15 is 0 Å². The van der Waals surface area contributed by atoms with Crippen LogP contribution in [0.4, 0.5) is 17.1 Å². The van der Waals surface area contributed by atoms with Gasteiger partial charge in [0.25, 0.3) is 0 Å². The summed E-state index contributed by atoms with van der Waals surface area (Å²) in [5, 5.41) is 0. The number of allylic oxidation sites excluding steroid dienone is 1. The molecule has 1 spiro atoms. The minimum atomic E-state index is -0.649. The van der Waals surface area contributed by atoms with E-state index in [1.54, 1.807) is 0 Å². The summed E-state index contributed by atoms with van der Waals surface area (Å²) < 4.78 is 6.72. The first-order valence-corrected chi connectivity index (χ1v) is 20.4. The van der Waals surface area contributed by atoms with Crippen LogP contribution in [0, 0.1) is 12.1 Å². The van der Waals surface area contributed by atoms with E-state index in [4.69, 9.17) is 4.74 Å². The van der Waals surface area contributed by atoms with Crippen molar-refractivity contribution in [3.63, 3.8) is 0 Å². The van der Waals surface area contributed by atoms with Crippen molar-refractivity contribution in [2.45, 2.75) is 37.5 Å². The number of para-hydroxylation sites is 1. The normalized spacial score (nSPS) is 15.1. The second kappa shape index (κ2) is 12.2. The first kappa shape index (κ1) is 33.1. The first-order chi connectivity index (χ1) is 28.5. The van der Waals surface area contributed by atoms with Gasteiger partial charge in [-0.25, -0.2) is 0 Å². The summed E-state index contributed by atoms with van der Waals surface area (Å²) in [5.41, 5.74) is 20.3. The van der Waals surface area contributed by atoms with Gasteiger partial charge in [0, 0.05) is 28.0 Å². The molecule has 1 aliphatic heterocycles. The van der Waals surface area contributed by atoms with Crippen molar-refractivity contribution in [1.82, 2.24) is 0 Å². The van der Waals surface area contributed by atoms with Crippen LogP contribution in [0.25, 0.3) is 39.5 Å². The summed E-state index contributed by atoms with van der Waals surface area (Å²) >= 11 is 0. The number of hydrogen-bond acceptors (Lipinski definition) is 2. The van der Waals surface area contributed by atoms with Crippen LogP contribution >= 0.6 is 0 Å². The zero-order chi connectivity index (χ0) is 38.6. The van der Waals surface area contributed by atoms with Crippen LogP contribution in [-0.2, 0) is 17.3 Å². The molecule has 2 heteroatoms. The molecule has 0 amide bonds. The number of benzene rings is 7. The Hall–Kier alpha value is -7.08. The highest BCUT2D eigenvalue weighted by molar-refractivity contribution is 5.94. The third-order valence-corrected chi connectivity index (χ3v) is 13.2. The molecule has 2 nitrogen and oxygen atoms in total. The first-order valence-electron chi connectivity index (χ1n) is 20.4. The predicted octanol–water partition coefficient (Wildman–Crippen LogP) is 14.2. The van der Waals surface area contributed by atoms with Crippen LogP contribution in [0.1, 0.15) is 64.8 Å². The average Bonchev–Trinajstić information content (AvgIpc) is 3.70. The van der Waals surface area contributed by atoms with Crippen molar-refractivity contribution in [2.24, 2.45) is 0 Å². The maximum atomic E-state index is 6.72. The van der Waals surface area contributed by atoms with Crippen LogP contribution < -0.4 is 9.64 Å². The molecule has 8 aromatic rings. The Morgan fingerprint density at radius 1 is 0.552 bits per heavy atom. The molecule has 58 heavy (non-hydrogen) atoms. The van der Waals surface area contributed by atoms with Crippen LogP contribution in [0.3, 0.4) is 0 Å². The average molecular weight is 742 g/mol. The van der Waals surface area contributed by atoms with Gasteiger partial charge >= 0.3 is 0 Å². The Balaban J connectivity index is 1.12. The molecule has 1 heterocycles. The predicted molar refractivity (Wildman–Crippen MR) is 237 cm³/mol. The van der Waals surface area contributed by atoms with Crippen LogP contribution in [0.5, 0.6) is 11.5 Å². The monoisotopic (exact) mass is 741 g/mol. The fourth-order valence-corrected chi connectivity index (χ4v) is 10.6. The van der Waals surface area contributed by atoms with Crippen LogP contribution in [0.2, 0.25) is 0 Å². The molecular weight excluding hydrogens is 703 g/mol. The fourth-order valence-electron chi connectivity index (χ4n) is 10.6. The minimum absolute atomic E-state index is 0.135. The van der Waals surface area contributed by atoms with E-state index in [1.165, 1.54) is 66.8 Å². The molecule has 0 saturated heterocycles. The molecular formula is C56H39NO. The Labute approximate surface area is 340 Å². The second-order valence-corrected chi connectivity index (χ2v) is 16.6. The molecule has 0 N–H and O–H groups in total. The zero-order valence-corrected chi connectivity index (χ0v) is 32.5. The molecule has 0 fully saturated rings. The Bertz CT molecular complexity index is 2960. The molecule has 1 atom stereocenters. The number of rotatable bonds is 4. The maximum Gasteiger partial charge on any atom is 0.141 e. The van der Waals surface area contributed by atoms with Gasteiger partial charge in [0.15, 0.2) is 0 Å². The maximum absolute atomic E-state index is 6.72. The lowest BCUT2D eigenvalue weighted by Gasteiger charge is -2.40. The molecule has 0 radical (unpaired) electrons. The highest BCUT2D eigenvalue weighted by Gasteiger charge is 2.53. The summed E-state index contributed by atoms with van der Waals surface area (Å²) in [6.07, 6.45) is 6.62. The van der Waals surface area contributed by atoms with Gasteiger partial charge in [0.05, 0.1) is 11.0 Å². The van der Waals surface area contributed by atoms with Crippen molar-refractivity contribution in [1.29, 1.82) is 0 Å². The third-order valence-electron chi connectivity index (χ3n) is 13.2. The van der Waals surface area contributed by atoms with Crippen molar-refractivity contribution in [2.75, 3.05) is 4.90 Å². The molecule has 4 aliphatic rings. The molecule has 12 rings (SSSR count). The van der Waals surface area contributed by atoms with Gasteiger partial charge in [-0.3, -0.25) is 0 Å². The van der Waals surface area contributed by atoms with Crippen molar-refractivity contribution >= 4 is 23.1 Å². The largest absolute Gasteiger partial charge is 0.456 e. The van der Waals surface area contributed by atoms with Gasteiger partial charge in [0.2, 0.25) is 0 Å². The summed E-state index contributed by atoms with van der Waals surface area (Å²) in [6.45, 7) is 4.72. The van der Waals surface area contributed by atoms with Gasteiger partial charge in [-0.05, 0) is 134 Å². The summed E-state index contributed by atoms with van der Waals surface area (Å²) in [7, 11) is 0. The topological polar surface area (TPSA) is 12.5 Å². The smallest absolute Gasteiger partial charge is 0.141 e. The Morgan fingerprint density at radius 2 is 1.21 bits per heavy atom. The molecule has 8 aromatic carbocycles. The van der Waals surface area contributed by atoms with Gasteiger partial charge in [0.1, 0.15) is 11.5 Å². The highest BCUT2D eigenvalue weighted by atomic mass is 16.5. The van der Waals surface area contributed by atoms with Crippen LogP contribution in [-0.4, -0.2) is 0 Å². The van der Waals surface area contributed by atoms with Gasteiger partial charge in [-0.2, -0.15) is 0 Å². The number of hydrogen-bond donors (Lipinski definition) is 0. The van der Waals surface area contributed by atoms with Gasteiger partial charge < -0.3 is 9.64 Å². The van der Waals surface area contributed by atoms with Crippen molar-refractivity contribution in [3.8, 4) is 44.9 Å². The van der Waals surface area contributed by atoms with Gasteiger partial charge in [-0.1, -0.05) is 147 Å². The van der Waals surface area contributed by atoms with E-state index in [0.717, 1.165) is 52.5 Å². The fraction of sp³-hybridized carbons (Fsp3) is 0.107. The highest BCUT2D eigenvalue weighted by Crippen LogP contribution is 2.64. The molecule has 0 bridgehead atoms. The standard InChI is InChI=1S/C56H39NO/c1-55(2)47-19-9-8-18-43(47)44-32-29-40(34-50(44)55)57(39-27-24-37(25-28-39)36-14-4-3-5-15-36)41-30-33-45-46-31-26-38-16-6-7-17-42(38)54(46)56(51(45)35-41)48-20-10-12-22-52(48)58-53-23-13-11-21-49(53)56/h3-6,8-10,12-16,18-20,22-35H,7,17H2,1-2H3. The summed E-state index contributed by atoms with van der Waals surface area (Å²) in [6, 6.07) is 67.1. The lowest BCUT2D eigenvalue weighted by molar-refractivity contribution is 0.436. The molecule has 274 valence electrons. The van der Waals surface area contributed by atoms with Gasteiger partial charge in [-0.15, -0.1) is 0 Å². The molecule has 3 aliphatic carbocycles. The van der Waals surface area contributed by atoms with E-state index in [2.05, 4.69) is 201 Å². The summed E-state index contributed by atoms with van der Waals surface area (Å²) in [5.74, 6) is 1.72. The van der Waals surface area contributed by atoms with E-state index in [9.17, 15) is 0 Å². The Morgan fingerprint density at radius 3 is 2.03 bits per heavy atom. The second-order valence-electron chi connectivity index (χ2n) is 16.6. The molecule has 0 aromatic heterocycles. The lowest BCUT2D eigenvalue weighted by Crippen LogP contribution is -2.33. The van der Waals surface area contributed by atoms with E-state index in [1.807, 2.05) is 6.07 Å². The number of ether oxygens (including phenoxy) is 1. The van der Waals surface area contributed by atoms with E-state index in [0.29, 0.717) is 0 Å². The number of nitrogens with zero attached hydrogens (tertiary/aromatic N) is 1. The molecule has 1 unspecified atom stereocenters. The van der Waals surface area contributed by atoms with E-state index in [-0.39, 0.29) is 5.41 Å². The Kier molecular flexibility index (Phi) is 6.97. The third kappa shape index (κ3) is 4.50. The number of anilines is 3. The van der Waals surface area contributed by atoms with Crippen molar-refractivity contribution in [3.05, 3.63) is 227 Å². The van der Waals surface area contributed by atoms with E-state index < -0.39 is 5.41 Å². The minimum Gasteiger partial charge on any atom is -0.456 e. The molecule has 0 saturated carbocycles. The number of fused-ring (bicyclic) bond motifs is 14. The van der Waals surface area contributed by atoms with Crippen molar-refractivity contribution < 1.29 is 4.74 Å². The lowest BCUT2D eigenvalue weighted by atomic mass is 9.64.